The largest absolute Gasteiger partial charge is 0.508 e. The van der Waals surface area contributed by atoms with Crippen LogP contribution >= 0.6 is 12.2 Å². The van der Waals surface area contributed by atoms with Gasteiger partial charge in [-0.15, -0.1) is 0 Å². The van der Waals surface area contributed by atoms with Crippen molar-refractivity contribution < 1.29 is 5.11 Å². The van der Waals surface area contributed by atoms with Crippen LogP contribution < -0.4 is 10.9 Å². The maximum Gasteiger partial charge on any atom is 0.257 e. The lowest BCUT2D eigenvalue weighted by molar-refractivity contribution is 0.467. The highest BCUT2D eigenvalue weighted by molar-refractivity contribution is 7.71. The van der Waals surface area contributed by atoms with Crippen LogP contribution in [0.3, 0.4) is 0 Å². The first-order valence-corrected chi connectivity index (χ1v) is 7.43. The third-order valence-electron chi connectivity index (χ3n) is 4.04. The zero-order chi connectivity index (χ0) is 16.1. The Morgan fingerprint density at radius 3 is 2.78 bits per heavy atom. The van der Waals surface area contributed by atoms with Gasteiger partial charge in [-0.3, -0.25) is 14.9 Å². The number of anilines is 2. The second kappa shape index (κ2) is 4.82. The molecule has 1 atom stereocenters. The summed E-state index contributed by atoms with van der Waals surface area (Å²) >= 11 is 5.04. The van der Waals surface area contributed by atoms with E-state index in [4.69, 9.17) is 12.2 Å². The smallest absolute Gasteiger partial charge is 0.257 e. The third kappa shape index (κ3) is 1.99. The van der Waals surface area contributed by atoms with Gasteiger partial charge in [-0.05, 0) is 25.2 Å². The van der Waals surface area contributed by atoms with Gasteiger partial charge in [0.15, 0.2) is 10.6 Å². The average Bonchev–Trinajstić information content (AvgIpc) is 2.87. The van der Waals surface area contributed by atoms with Crippen molar-refractivity contribution in [3.05, 3.63) is 61.8 Å². The summed E-state index contributed by atoms with van der Waals surface area (Å²) in [6, 6.07) is 6.97. The number of phenolic OH excluding ortho intramolecular Hbond substituents is 1. The summed E-state index contributed by atoms with van der Waals surface area (Å²) in [5.41, 5.74) is 2.47. The van der Waals surface area contributed by atoms with Crippen molar-refractivity contribution in [3.63, 3.8) is 0 Å². The molecule has 3 heterocycles. The maximum atomic E-state index is 12.5. The van der Waals surface area contributed by atoms with Crippen LogP contribution in [-0.2, 0) is 0 Å². The van der Waals surface area contributed by atoms with E-state index in [2.05, 4.69) is 25.5 Å². The molecule has 2 aromatic heterocycles. The predicted octanol–water partition coefficient (Wildman–Crippen LogP) is 2.41. The molecule has 0 bridgehead atoms. The molecule has 0 spiro atoms. The van der Waals surface area contributed by atoms with Crippen LogP contribution in [0.4, 0.5) is 11.6 Å². The molecule has 7 nitrogen and oxygen atoms in total. The highest BCUT2D eigenvalue weighted by Gasteiger charge is 2.34. The number of aromatic nitrogens is 4. The summed E-state index contributed by atoms with van der Waals surface area (Å²) in [4.78, 5) is 18.1. The van der Waals surface area contributed by atoms with Gasteiger partial charge in [-0.2, -0.15) is 5.10 Å². The zero-order valence-corrected chi connectivity index (χ0v) is 12.9. The predicted molar refractivity (Wildman–Crippen MR) is 87.9 cm³/mol. The molecule has 0 fully saturated rings. The first-order chi connectivity index (χ1) is 11.1. The number of benzene rings is 1. The summed E-state index contributed by atoms with van der Waals surface area (Å²) in [7, 11) is 0. The number of para-hydroxylation sites is 1. The van der Waals surface area contributed by atoms with Crippen molar-refractivity contribution in [1.82, 2.24) is 20.2 Å². The molecule has 1 aromatic carbocycles. The number of H-pyrrole nitrogens is 3. The number of aromatic amines is 3. The maximum absolute atomic E-state index is 12.5. The molecule has 1 aliphatic heterocycles. The normalized spacial score (nSPS) is 15.6. The number of fused-ring (bicyclic) bond motifs is 2. The number of nitrogens with zero attached hydrogens (tertiary/aromatic N) is 1. The lowest BCUT2D eigenvalue weighted by Crippen LogP contribution is -2.25. The van der Waals surface area contributed by atoms with Crippen molar-refractivity contribution in [1.29, 1.82) is 0 Å². The van der Waals surface area contributed by atoms with Crippen LogP contribution in [0.15, 0.2) is 29.1 Å². The molecule has 8 heteroatoms. The van der Waals surface area contributed by atoms with Crippen LogP contribution in [-0.4, -0.2) is 25.3 Å². The monoisotopic (exact) mass is 327 g/mol. The van der Waals surface area contributed by atoms with Gasteiger partial charge in [-0.1, -0.05) is 18.2 Å². The van der Waals surface area contributed by atoms with E-state index < -0.39 is 5.92 Å². The first kappa shape index (κ1) is 13.8. The number of aromatic hydroxyl groups is 1. The number of aryl methyl sites for hydroxylation is 1. The molecule has 5 N–H and O–H groups in total. The number of hydrogen-bond acceptors (Lipinski definition) is 5. The van der Waals surface area contributed by atoms with Gasteiger partial charge < -0.3 is 15.4 Å². The van der Waals surface area contributed by atoms with Crippen LogP contribution in [0.5, 0.6) is 5.75 Å². The van der Waals surface area contributed by atoms with Gasteiger partial charge in [0.05, 0.1) is 11.5 Å². The average molecular weight is 327 g/mol. The van der Waals surface area contributed by atoms with E-state index in [1.54, 1.807) is 18.2 Å². The number of nitrogens with one attached hydrogen (secondary N) is 4. The van der Waals surface area contributed by atoms with Crippen molar-refractivity contribution >= 4 is 23.9 Å². The molecule has 0 saturated carbocycles. The zero-order valence-electron chi connectivity index (χ0n) is 12.1. The first-order valence-electron chi connectivity index (χ1n) is 7.02. The van der Waals surface area contributed by atoms with E-state index >= 15 is 0 Å². The Labute approximate surface area is 135 Å². The minimum atomic E-state index is -0.447. The van der Waals surface area contributed by atoms with Gasteiger partial charge in [0.25, 0.3) is 5.56 Å². The van der Waals surface area contributed by atoms with Gasteiger partial charge >= 0.3 is 0 Å². The van der Waals surface area contributed by atoms with Crippen molar-refractivity contribution in [3.8, 4) is 5.75 Å². The van der Waals surface area contributed by atoms with Crippen molar-refractivity contribution in [2.24, 2.45) is 0 Å². The fraction of sp³-hybridized carbons (Fsp3) is 0.133. The van der Waals surface area contributed by atoms with Gasteiger partial charge in [0.2, 0.25) is 0 Å². The lowest BCUT2D eigenvalue weighted by Gasteiger charge is -2.26. The second-order valence-corrected chi connectivity index (χ2v) is 5.83. The summed E-state index contributed by atoms with van der Waals surface area (Å²) in [6.45, 7) is 1.88. The minimum Gasteiger partial charge on any atom is -0.508 e. The SMILES string of the molecule is Cc1[nH]nc2c1C(c1ccccc1O)c1c([nH]c(=S)[nH]c1=O)N2. The van der Waals surface area contributed by atoms with Crippen LogP contribution in [0.1, 0.15) is 28.3 Å². The molecular weight excluding hydrogens is 314 g/mol. The Kier molecular flexibility index (Phi) is 2.88. The van der Waals surface area contributed by atoms with Gasteiger partial charge in [0, 0.05) is 16.8 Å². The second-order valence-electron chi connectivity index (χ2n) is 5.42. The molecule has 3 aromatic rings. The highest BCUT2D eigenvalue weighted by Crippen LogP contribution is 2.45. The molecule has 1 unspecified atom stereocenters. The van der Waals surface area contributed by atoms with Gasteiger partial charge in [0.1, 0.15) is 11.6 Å². The lowest BCUT2D eigenvalue weighted by atomic mass is 9.83. The minimum absolute atomic E-state index is 0.124. The molecule has 1 aliphatic rings. The van der Waals surface area contributed by atoms with Crippen LogP contribution in [0.25, 0.3) is 0 Å². The third-order valence-corrected chi connectivity index (χ3v) is 4.25. The summed E-state index contributed by atoms with van der Waals surface area (Å²) in [5, 5.41) is 20.5. The highest BCUT2D eigenvalue weighted by atomic mass is 32.1. The molecular formula is C15H13N5O2S. The molecule has 0 radical (unpaired) electrons. The molecule has 0 aliphatic carbocycles. The van der Waals surface area contributed by atoms with E-state index in [-0.39, 0.29) is 16.1 Å². The fourth-order valence-corrected chi connectivity index (χ4v) is 3.26. The molecule has 0 amide bonds. The fourth-order valence-electron chi connectivity index (χ4n) is 3.06. The van der Waals surface area contributed by atoms with Crippen LogP contribution in [0.2, 0.25) is 0 Å². The summed E-state index contributed by atoms with van der Waals surface area (Å²) < 4.78 is 0.230. The van der Waals surface area contributed by atoms with E-state index in [9.17, 15) is 9.90 Å². The molecule has 0 saturated heterocycles. The van der Waals surface area contributed by atoms with Crippen molar-refractivity contribution in [2.45, 2.75) is 12.8 Å². The number of phenols is 1. The van der Waals surface area contributed by atoms with E-state index in [1.807, 2.05) is 13.0 Å². The van der Waals surface area contributed by atoms with Crippen LogP contribution in [0, 0.1) is 11.7 Å². The van der Waals surface area contributed by atoms with E-state index in [0.29, 0.717) is 22.8 Å². The standard InChI is InChI=1S/C15H13N5O2S/c1-6-9-10(7-4-2-3-5-8(7)21)11-12(16-13(9)20-19-6)17-15(23)18-14(11)22/h2-5,10,21H,1H3,(H4,16,17,18,19,20,22,23). The van der Waals surface area contributed by atoms with E-state index in [0.717, 1.165) is 11.3 Å². The summed E-state index contributed by atoms with van der Waals surface area (Å²) in [6.07, 6.45) is 0. The Morgan fingerprint density at radius 2 is 2.00 bits per heavy atom. The Hall–Kier alpha value is -2.87. The van der Waals surface area contributed by atoms with Crippen molar-refractivity contribution in [2.75, 3.05) is 5.32 Å². The Balaban J connectivity index is 2.09. The quantitative estimate of drug-likeness (QED) is 0.345. The Bertz CT molecular complexity index is 1030. The number of hydrogen-bond donors (Lipinski definition) is 5. The molecule has 116 valence electrons. The molecule has 4 rings (SSSR count). The van der Waals surface area contributed by atoms with E-state index in [1.165, 1.54) is 0 Å². The summed E-state index contributed by atoms with van der Waals surface area (Å²) in [5.74, 6) is 0.779. The van der Waals surface area contributed by atoms with Gasteiger partial charge in [-0.25, -0.2) is 0 Å². The molecule has 23 heavy (non-hydrogen) atoms. The number of rotatable bonds is 1. The topological polar surface area (TPSA) is 110 Å². The Morgan fingerprint density at radius 1 is 1.22 bits per heavy atom.